The van der Waals surface area contributed by atoms with Crippen LogP contribution >= 0.6 is 0 Å². The number of nitrogens with one attached hydrogen (secondary N) is 3. The van der Waals surface area contributed by atoms with E-state index in [-0.39, 0.29) is 17.8 Å². The first-order valence-electron chi connectivity index (χ1n) is 8.66. The predicted molar refractivity (Wildman–Crippen MR) is 98.4 cm³/mol. The number of hydrogen-bond donors (Lipinski definition) is 3. The van der Waals surface area contributed by atoms with E-state index in [2.05, 4.69) is 40.1 Å². The number of nitrogens with zero attached hydrogens (tertiary/aromatic N) is 1. The lowest BCUT2D eigenvalue weighted by Gasteiger charge is -2.19. The van der Waals surface area contributed by atoms with Crippen LogP contribution in [0.4, 0.5) is 10.5 Å². The van der Waals surface area contributed by atoms with Gasteiger partial charge in [-0.15, -0.1) is 0 Å². The summed E-state index contributed by atoms with van der Waals surface area (Å²) in [4.78, 5) is 27.0. The van der Waals surface area contributed by atoms with Crippen LogP contribution in [0.15, 0.2) is 54.6 Å². The fourth-order valence-electron chi connectivity index (χ4n) is 2.84. The Morgan fingerprint density at radius 3 is 2.59 bits per heavy atom. The van der Waals surface area contributed by atoms with Crippen molar-refractivity contribution in [2.75, 3.05) is 11.9 Å². The van der Waals surface area contributed by atoms with Gasteiger partial charge in [0.25, 0.3) is 6.23 Å². The number of carbonyl (C=O) groups is 2. The Hall–Kier alpha value is -2.94. The van der Waals surface area contributed by atoms with Gasteiger partial charge in [-0.05, 0) is 42.2 Å². The van der Waals surface area contributed by atoms with E-state index in [9.17, 15) is 14.7 Å². The molecule has 1 aliphatic rings. The van der Waals surface area contributed by atoms with Crippen LogP contribution in [0, 0.1) is 0 Å². The molecular weight excluding hydrogens is 348 g/mol. The lowest BCUT2D eigenvalue weighted by Crippen LogP contribution is -2.42. The van der Waals surface area contributed by atoms with E-state index in [1.165, 1.54) is 29.8 Å². The molecule has 1 fully saturated rings. The van der Waals surface area contributed by atoms with Crippen LogP contribution < -0.4 is 21.3 Å². The molecule has 2 aromatic carbocycles. The van der Waals surface area contributed by atoms with Crippen molar-refractivity contribution < 1.29 is 19.5 Å². The number of amides is 2. The molecule has 8 nitrogen and oxygen atoms in total. The number of carbonyl (C=O) groups excluding carboxylic acids is 2. The number of hydrazine groups is 1. The molecule has 2 amide bonds. The molecule has 3 rings (SSSR count). The molecule has 0 aliphatic carbocycles. The van der Waals surface area contributed by atoms with Gasteiger partial charge in [0.15, 0.2) is 0 Å². The minimum absolute atomic E-state index is 0.0546. The lowest BCUT2D eigenvalue weighted by atomic mass is 10.1. The van der Waals surface area contributed by atoms with Crippen molar-refractivity contribution in [3.8, 4) is 0 Å². The molecule has 1 saturated heterocycles. The number of carboxylic acids is 1. The Morgan fingerprint density at radius 1 is 1.22 bits per heavy atom. The molecule has 8 heteroatoms. The number of carboxylic acid groups (broad SMARTS) is 1. The Balaban J connectivity index is 1.46. The SMILES string of the molecule is CC(Cc1ccccc1)N1CC(NC(=O)Nc2ccc(C(=O)[O-])cc2)[OH+]N1. The van der Waals surface area contributed by atoms with Gasteiger partial charge < -0.3 is 15.2 Å². The number of benzene rings is 2. The third-order valence-electron chi connectivity index (χ3n) is 4.29. The van der Waals surface area contributed by atoms with Crippen LogP contribution in [0.2, 0.25) is 0 Å². The van der Waals surface area contributed by atoms with E-state index in [0.717, 1.165) is 6.42 Å². The van der Waals surface area contributed by atoms with Crippen molar-refractivity contribution in [2.24, 2.45) is 0 Å². The summed E-state index contributed by atoms with van der Waals surface area (Å²) in [5.74, 6) is -1.26. The van der Waals surface area contributed by atoms with Crippen LogP contribution in [0.25, 0.3) is 0 Å². The van der Waals surface area contributed by atoms with Gasteiger partial charge in [-0.1, -0.05) is 42.5 Å². The van der Waals surface area contributed by atoms with Crippen LogP contribution in [-0.2, 0) is 6.42 Å². The van der Waals surface area contributed by atoms with Crippen molar-refractivity contribution >= 4 is 17.7 Å². The zero-order chi connectivity index (χ0) is 19.2. The van der Waals surface area contributed by atoms with Crippen molar-refractivity contribution in [1.29, 1.82) is 0 Å². The van der Waals surface area contributed by atoms with Gasteiger partial charge >= 0.3 is 6.03 Å². The molecule has 0 radical (unpaired) electrons. The maximum absolute atomic E-state index is 12.1. The largest absolute Gasteiger partial charge is 0.545 e. The third kappa shape index (κ3) is 5.27. The number of hydrogen-bond acceptors (Lipinski definition) is 5. The normalized spacial score (nSPS) is 18.0. The average Bonchev–Trinajstić information content (AvgIpc) is 3.11. The summed E-state index contributed by atoms with van der Waals surface area (Å²) < 4.78 is 0. The first-order chi connectivity index (χ1) is 13.0. The van der Waals surface area contributed by atoms with E-state index < -0.39 is 12.0 Å². The van der Waals surface area contributed by atoms with E-state index in [4.69, 9.17) is 0 Å². The van der Waals surface area contributed by atoms with Crippen LogP contribution in [0.1, 0.15) is 22.8 Å². The van der Waals surface area contributed by atoms with Gasteiger partial charge in [-0.2, -0.15) is 5.01 Å². The van der Waals surface area contributed by atoms with Gasteiger partial charge in [0.2, 0.25) is 0 Å². The highest BCUT2D eigenvalue weighted by molar-refractivity contribution is 5.91. The van der Waals surface area contributed by atoms with Crippen molar-refractivity contribution in [2.45, 2.75) is 25.6 Å². The zero-order valence-electron chi connectivity index (χ0n) is 14.9. The fourth-order valence-corrected chi connectivity index (χ4v) is 2.84. The number of aromatic carboxylic acids is 1. The molecule has 0 bridgehead atoms. The van der Waals surface area contributed by atoms with Crippen molar-refractivity contribution in [1.82, 2.24) is 15.9 Å². The Kier molecular flexibility index (Phi) is 6.02. The summed E-state index contributed by atoms with van der Waals surface area (Å²) in [5, 5.41) is 18.1. The van der Waals surface area contributed by atoms with Crippen LogP contribution in [0.3, 0.4) is 0 Å². The molecule has 0 aromatic heterocycles. The van der Waals surface area contributed by atoms with Gasteiger partial charge in [0.05, 0.1) is 5.97 Å². The highest BCUT2D eigenvalue weighted by Gasteiger charge is 2.32. The molecule has 2 atom stereocenters. The molecule has 142 valence electrons. The van der Waals surface area contributed by atoms with Gasteiger partial charge in [-0.25, -0.2) is 4.79 Å². The third-order valence-corrected chi connectivity index (χ3v) is 4.29. The second kappa shape index (κ2) is 8.63. The topological polar surface area (TPSA) is 109 Å². The zero-order valence-corrected chi connectivity index (χ0v) is 14.9. The highest BCUT2D eigenvalue weighted by atomic mass is 16.7. The molecular formula is C19H22N4O4. The first-order valence-corrected chi connectivity index (χ1v) is 8.66. The molecule has 0 spiro atoms. The quantitative estimate of drug-likeness (QED) is 0.638. The van der Waals surface area contributed by atoms with Gasteiger partial charge in [0.1, 0.15) is 6.54 Å². The molecule has 4 N–H and O–H groups in total. The molecule has 27 heavy (non-hydrogen) atoms. The smallest absolute Gasteiger partial charge is 0.325 e. The molecule has 1 heterocycles. The summed E-state index contributed by atoms with van der Waals surface area (Å²) in [5.41, 5.74) is 4.74. The maximum Gasteiger partial charge on any atom is 0.325 e. The minimum atomic E-state index is -1.26. The van der Waals surface area contributed by atoms with E-state index in [0.29, 0.717) is 12.2 Å². The Bertz CT molecular complexity index is 782. The van der Waals surface area contributed by atoms with Crippen molar-refractivity contribution in [3.63, 3.8) is 0 Å². The van der Waals surface area contributed by atoms with Crippen LogP contribution in [0.5, 0.6) is 0 Å². The van der Waals surface area contributed by atoms with E-state index in [1.807, 2.05) is 23.2 Å². The summed E-state index contributed by atoms with van der Waals surface area (Å²) >= 11 is 0. The number of anilines is 1. The second-order valence-electron chi connectivity index (χ2n) is 6.40. The Morgan fingerprint density at radius 2 is 1.93 bits per heavy atom. The molecule has 2 aromatic rings. The Labute approximate surface area is 157 Å². The standard InChI is InChI=1S/C19H22N4O4/c1-13(11-14-5-3-2-4-6-14)23-12-17(27-22-23)21-19(26)20-16-9-7-15(8-10-16)18(24)25/h2-10,13,17,22H,11-12H2,1H3,(H,24,25)(H2,20,21,26). The lowest BCUT2D eigenvalue weighted by molar-refractivity contribution is -0.255. The van der Waals surface area contributed by atoms with Crippen LogP contribution in [-0.4, -0.2) is 40.7 Å². The fraction of sp³-hybridized carbons (Fsp3) is 0.263. The number of urea groups is 1. The highest BCUT2D eigenvalue weighted by Crippen LogP contribution is 2.11. The van der Waals surface area contributed by atoms with E-state index >= 15 is 0 Å². The molecule has 2 unspecified atom stereocenters. The van der Waals surface area contributed by atoms with Crippen molar-refractivity contribution in [3.05, 3.63) is 65.7 Å². The number of rotatable bonds is 6. The predicted octanol–water partition coefficient (Wildman–Crippen LogP) is 0.392. The molecule has 1 aliphatic heterocycles. The van der Waals surface area contributed by atoms with Gasteiger partial charge in [-0.3, -0.25) is 10.2 Å². The second-order valence-corrected chi connectivity index (χ2v) is 6.40. The summed E-state index contributed by atoms with van der Waals surface area (Å²) in [6, 6.07) is 15.7. The average molecular weight is 370 g/mol. The number of aliphatic hydroxyl groups is 1. The summed E-state index contributed by atoms with van der Waals surface area (Å²) in [6.45, 7) is 2.64. The monoisotopic (exact) mass is 370 g/mol. The molecule has 0 saturated carbocycles. The maximum atomic E-state index is 12.1. The minimum Gasteiger partial charge on any atom is -0.545 e. The first kappa shape index (κ1) is 18.8. The summed E-state index contributed by atoms with van der Waals surface area (Å²) in [7, 11) is 0. The van der Waals surface area contributed by atoms with E-state index in [1.54, 1.807) is 0 Å². The summed E-state index contributed by atoms with van der Waals surface area (Å²) in [6.07, 6.45) is 0.485. The van der Waals surface area contributed by atoms with Gasteiger partial charge in [0, 0.05) is 11.7 Å².